The van der Waals surface area contributed by atoms with E-state index in [2.05, 4.69) is 21.3 Å². The molecule has 98 valence electrons. The van der Waals surface area contributed by atoms with Crippen molar-refractivity contribution in [2.24, 2.45) is 0 Å². The molecule has 2 aliphatic heterocycles. The molecule has 0 spiro atoms. The largest absolute Gasteiger partial charge is 0.784 e. The van der Waals surface area contributed by atoms with Gasteiger partial charge in [-0.1, -0.05) is 0 Å². The number of piperazine rings is 2. The van der Waals surface area contributed by atoms with Crippen molar-refractivity contribution in [2.75, 3.05) is 52.4 Å². The van der Waals surface area contributed by atoms with Crippen LogP contribution in [0.25, 0.3) is 0 Å². The minimum atomic E-state index is -3.11. The van der Waals surface area contributed by atoms with Crippen LogP contribution in [-0.2, 0) is 11.4 Å². The van der Waals surface area contributed by atoms with Crippen molar-refractivity contribution in [3.8, 4) is 0 Å². The van der Waals surface area contributed by atoms with Gasteiger partial charge in [-0.25, -0.2) is 0 Å². The predicted octanol–water partition coefficient (Wildman–Crippen LogP) is -4.70. The Labute approximate surface area is 98.9 Å². The topological polar surface area (TPSA) is 120 Å². The van der Waals surface area contributed by atoms with E-state index in [4.69, 9.17) is 13.3 Å². The molecular weight excluding hydrogens is 232 g/mol. The first-order chi connectivity index (χ1) is 7.73. The van der Waals surface area contributed by atoms with E-state index in [0.717, 1.165) is 0 Å². The van der Waals surface area contributed by atoms with Crippen LogP contribution in [-0.4, -0.2) is 65.7 Å². The molecule has 0 saturated carbocycles. The highest BCUT2D eigenvalue weighted by Gasteiger charge is 1.96. The van der Waals surface area contributed by atoms with Gasteiger partial charge in [-0.15, -0.1) is 11.4 Å². The molecule has 0 amide bonds. The van der Waals surface area contributed by atoms with Crippen molar-refractivity contribution < 1.29 is 23.9 Å². The summed E-state index contributed by atoms with van der Waals surface area (Å²) in [5.41, 5.74) is 0. The first-order valence-electron chi connectivity index (χ1n) is 5.55. The third-order valence-electron chi connectivity index (χ3n) is 2.10. The highest BCUT2D eigenvalue weighted by molar-refractivity contribution is 7.72. The zero-order chi connectivity index (χ0) is 12.1. The molecule has 6 N–H and O–H groups in total. The summed E-state index contributed by atoms with van der Waals surface area (Å²) >= 11 is -3.11. The minimum Gasteiger partial charge on any atom is -0.784 e. The molecule has 2 aliphatic rings. The molecule has 0 radical (unpaired) electrons. The highest BCUT2D eigenvalue weighted by atomic mass is 32.2. The molecule has 2 fully saturated rings. The molecule has 0 atom stereocenters. The lowest BCUT2D eigenvalue weighted by Gasteiger charge is -2.07. The Morgan fingerprint density at radius 3 is 1.12 bits per heavy atom. The summed E-state index contributed by atoms with van der Waals surface area (Å²) in [5.74, 6) is 0. The van der Waals surface area contributed by atoms with E-state index in [1.165, 1.54) is 52.4 Å². The third kappa shape index (κ3) is 16.3. The first kappa shape index (κ1) is 15.9. The molecule has 7 nitrogen and oxygen atoms in total. The molecule has 2 rings (SSSR count). The number of hydrogen-bond donors (Lipinski definition) is 4. The Kier molecular flexibility index (Phi) is 12.9. The van der Waals surface area contributed by atoms with E-state index in [9.17, 15) is 0 Å². The first-order valence-corrected chi connectivity index (χ1v) is 6.55. The molecule has 0 bridgehead atoms. The van der Waals surface area contributed by atoms with Crippen molar-refractivity contribution in [2.45, 2.75) is 0 Å². The van der Waals surface area contributed by atoms with E-state index in [-0.39, 0.29) is 0 Å². The van der Waals surface area contributed by atoms with Gasteiger partial charge in [0.2, 0.25) is 0 Å². The Balaban J connectivity index is 0.000000217. The van der Waals surface area contributed by atoms with Crippen LogP contribution in [0.15, 0.2) is 0 Å². The standard InChI is InChI=1S/2C4H10N2.H2O3S/c2*1-2-6-4-3-5-1;1-4(2)3/h2*5-6H,1-4H2;(H2,1,2,3). The van der Waals surface area contributed by atoms with E-state index < -0.39 is 11.4 Å². The summed E-state index contributed by atoms with van der Waals surface area (Å²) < 4.78 is 25.3. The molecule has 0 aromatic heterocycles. The lowest BCUT2D eigenvalue weighted by atomic mass is 10.4. The molecular formula is C8H22N4O3S. The Bertz CT molecular complexity index is 126. The number of quaternary nitrogens is 2. The van der Waals surface area contributed by atoms with Gasteiger partial charge in [0.25, 0.3) is 0 Å². The second kappa shape index (κ2) is 13.0. The second-order valence-electron chi connectivity index (χ2n) is 3.44. The fourth-order valence-corrected chi connectivity index (χ4v) is 1.36. The molecule has 16 heavy (non-hydrogen) atoms. The van der Waals surface area contributed by atoms with Gasteiger partial charge in [-0.2, -0.15) is 0 Å². The van der Waals surface area contributed by atoms with Crippen molar-refractivity contribution in [1.29, 1.82) is 0 Å². The summed E-state index contributed by atoms with van der Waals surface area (Å²) in [6.07, 6.45) is 0. The Hall–Kier alpha value is -0.0900. The summed E-state index contributed by atoms with van der Waals surface area (Å²) in [6, 6.07) is 0. The van der Waals surface area contributed by atoms with Gasteiger partial charge in [0, 0.05) is 26.2 Å². The maximum Gasteiger partial charge on any atom is 0.0882 e. The smallest absolute Gasteiger partial charge is 0.0882 e. The van der Waals surface area contributed by atoms with Crippen LogP contribution >= 0.6 is 0 Å². The zero-order valence-corrected chi connectivity index (χ0v) is 10.3. The molecule has 0 unspecified atom stereocenters. The van der Waals surface area contributed by atoms with Crippen molar-refractivity contribution in [1.82, 2.24) is 10.6 Å². The van der Waals surface area contributed by atoms with Crippen LogP contribution in [0.1, 0.15) is 0 Å². The van der Waals surface area contributed by atoms with Gasteiger partial charge in [-0.3, -0.25) is 4.21 Å². The second-order valence-corrected chi connectivity index (χ2v) is 3.84. The van der Waals surface area contributed by atoms with E-state index in [1.807, 2.05) is 0 Å². The fourth-order valence-electron chi connectivity index (χ4n) is 1.36. The molecule has 0 aliphatic carbocycles. The lowest BCUT2D eigenvalue weighted by Crippen LogP contribution is -2.89. The SMILES string of the molecule is C1C[NH2+]CCN1.C1C[NH2+]CCN1.O=S([O-])[O-]. The Morgan fingerprint density at radius 1 is 0.812 bits per heavy atom. The third-order valence-corrected chi connectivity index (χ3v) is 2.10. The van der Waals surface area contributed by atoms with E-state index in [1.54, 1.807) is 0 Å². The fraction of sp³-hybridized carbons (Fsp3) is 1.00. The monoisotopic (exact) mass is 254 g/mol. The number of nitrogens with two attached hydrogens (primary N) is 2. The van der Waals surface area contributed by atoms with Crippen LogP contribution < -0.4 is 21.3 Å². The molecule has 8 heteroatoms. The number of nitrogens with one attached hydrogen (secondary N) is 2. The van der Waals surface area contributed by atoms with Crippen molar-refractivity contribution in [3.63, 3.8) is 0 Å². The summed E-state index contributed by atoms with van der Waals surface area (Å²) in [7, 11) is 0. The van der Waals surface area contributed by atoms with Crippen molar-refractivity contribution >= 4 is 11.4 Å². The lowest BCUT2D eigenvalue weighted by molar-refractivity contribution is -0.657. The molecule has 0 aromatic rings. The summed E-state index contributed by atoms with van der Waals surface area (Å²) in [6.45, 7) is 9.83. The van der Waals surface area contributed by atoms with E-state index >= 15 is 0 Å². The quantitative estimate of drug-likeness (QED) is 0.324. The molecule has 0 aromatic carbocycles. The average Bonchev–Trinajstić information content (AvgIpc) is 2.34. The zero-order valence-electron chi connectivity index (χ0n) is 9.44. The van der Waals surface area contributed by atoms with Gasteiger partial charge >= 0.3 is 0 Å². The maximum absolute atomic E-state index is 8.44. The summed E-state index contributed by atoms with van der Waals surface area (Å²) in [4.78, 5) is 0. The van der Waals surface area contributed by atoms with Crippen LogP contribution in [0.2, 0.25) is 0 Å². The molecule has 2 saturated heterocycles. The number of hydrogen-bond acceptors (Lipinski definition) is 5. The van der Waals surface area contributed by atoms with Gasteiger partial charge in [-0.05, 0) is 0 Å². The van der Waals surface area contributed by atoms with Crippen LogP contribution in [0.3, 0.4) is 0 Å². The minimum absolute atomic E-state index is 1.19. The van der Waals surface area contributed by atoms with Gasteiger partial charge in [0.1, 0.15) is 0 Å². The predicted molar refractivity (Wildman–Crippen MR) is 58.8 cm³/mol. The highest BCUT2D eigenvalue weighted by Crippen LogP contribution is 1.55. The number of rotatable bonds is 0. The van der Waals surface area contributed by atoms with Crippen LogP contribution in [0.5, 0.6) is 0 Å². The normalized spacial score (nSPS) is 20.2. The molecule has 2 heterocycles. The average molecular weight is 254 g/mol. The van der Waals surface area contributed by atoms with E-state index in [0.29, 0.717) is 0 Å². The van der Waals surface area contributed by atoms with Crippen molar-refractivity contribution in [3.05, 3.63) is 0 Å². The Morgan fingerprint density at radius 2 is 1.06 bits per heavy atom. The summed E-state index contributed by atoms with van der Waals surface area (Å²) in [5, 5.41) is 11.2. The van der Waals surface area contributed by atoms with Crippen LogP contribution in [0, 0.1) is 0 Å². The van der Waals surface area contributed by atoms with Gasteiger partial charge in [0.05, 0.1) is 26.2 Å². The van der Waals surface area contributed by atoms with Gasteiger partial charge in [0.15, 0.2) is 0 Å². The maximum atomic E-state index is 8.44. The van der Waals surface area contributed by atoms with Crippen LogP contribution in [0.4, 0.5) is 0 Å². The van der Waals surface area contributed by atoms with Gasteiger partial charge < -0.3 is 30.4 Å².